The highest BCUT2D eigenvalue weighted by atomic mass is 16.5. The standard InChI is InChI=1S/C15H20N2O2/c16-12-6-7-13-14(8-12)19-15(17-13)10-18-9-11-4-2-1-3-5-11/h6-8,11H,1-5,9-10,16H2. The topological polar surface area (TPSA) is 61.3 Å². The van der Waals surface area contributed by atoms with Crippen LogP contribution in [0, 0.1) is 5.92 Å². The fraction of sp³-hybridized carbons (Fsp3) is 0.533. The number of benzene rings is 1. The molecule has 0 radical (unpaired) electrons. The summed E-state index contributed by atoms with van der Waals surface area (Å²) in [6, 6.07) is 5.50. The van der Waals surface area contributed by atoms with Crippen LogP contribution in [0.3, 0.4) is 0 Å². The molecular weight excluding hydrogens is 240 g/mol. The van der Waals surface area contributed by atoms with Crippen molar-refractivity contribution < 1.29 is 9.15 Å². The summed E-state index contributed by atoms with van der Waals surface area (Å²) < 4.78 is 11.4. The van der Waals surface area contributed by atoms with E-state index in [4.69, 9.17) is 14.9 Å². The summed E-state index contributed by atoms with van der Waals surface area (Å²) in [6.07, 6.45) is 6.66. The maximum Gasteiger partial charge on any atom is 0.221 e. The van der Waals surface area contributed by atoms with Gasteiger partial charge in [-0.25, -0.2) is 4.98 Å². The van der Waals surface area contributed by atoms with Crippen LogP contribution in [0.2, 0.25) is 0 Å². The van der Waals surface area contributed by atoms with Crippen molar-refractivity contribution in [3.63, 3.8) is 0 Å². The zero-order valence-electron chi connectivity index (χ0n) is 11.1. The van der Waals surface area contributed by atoms with Gasteiger partial charge in [-0.1, -0.05) is 19.3 Å². The monoisotopic (exact) mass is 260 g/mol. The average Bonchev–Trinajstić information content (AvgIpc) is 2.82. The van der Waals surface area contributed by atoms with E-state index in [1.807, 2.05) is 12.1 Å². The summed E-state index contributed by atoms with van der Waals surface area (Å²) in [5.74, 6) is 1.35. The number of nitrogens with zero attached hydrogens (tertiary/aromatic N) is 1. The zero-order valence-corrected chi connectivity index (χ0v) is 11.1. The van der Waals surface area contributed by atoms with Crippen LogP contribution >= 0.6 is 0 Å². The zero-order chi connectivity index (χ0) is 13.1. The van der Waals surface area contributed by atoms with E-state index >= 15 is 0 Å². The van der Waals surface area contributed by atoms with Crippen LogP contribution in [0.1, 0.15) is 38.0 Å². The van der Waals surface area contributed by atoms with Crippen molar-refractivity contribution >= 4 is 16.8 Å². The fourth-order valence-corrected chi connectivity index (χ4v) is 2.72. The molecule has 1 saturated carbocycles. The molecule has 4 heteroatoms. The predicted molar refractivity (Wildman–Crippen MR) is 74.7 cm³/mol. The molecule has 0 unspecified atom stereocenters. The molecule has 1 aliphatic rings. The summed E-state index contributed by atoms with van der Waals surface area (Å²) in [5.41, 5.74) is 7.98. The molecule has 19 heavy (non-hydrogen) atoms. The lowest BCUT2D eigenvalue weighted by Crippen LogP contribution is -2.13. The fourth-order valence-electron chi connectivity index (χ4n) is 2.72. The van der Waals surface area contributed by atoms with Gasteiger partial charge in [-0.15, -0.1) is 0 Å². The minimum absolute atomic E-state index is 0.449. The third-order valence-electron chi connectivity index (χ3n) is 3.76. The number of rotatable bonds is 4. The highest BCUT2D eigenvalue weighted by molar-refractivity contribution is 5.76. The summed E-state index contributed by atoms with van der Waals surface area (Å²) in [4.78, 5) is 4.39. The number of anilines is 1. The number of ether oxygens (including phenoxy) is 1. The van der Waals surface area contributed by atoms with Crippen molar-refractivity contribution in [2.45, 2.75) is 38.7 Å². The summed E-state index contributed by atoms with van der Waals surface area (Å²) in [6.45, 7) is 1.27. The first-order valence-electron chi connectivity index (χ1n) is 7.04. The molecule has 1 fully saturated rings. The second kappa shape index (κ2) is 5.61. The molecule has 2 N–H and O–H groups in total. The molecule has 0 aliphatic heterocycles. The first-order valence-corrected chi connectivity index (χ1v) is 7.04. The molecule has 0 bridgehead atoms. The van der Waals surface area contributed by atoms with E-state index in [0.717, 1.165) is 17.7 Å². The Morgan fingerprint density at radius 1 is 1.26 bits per heavy atom. The molecule has 2 aromatic rings. The van der Waals surface area contributed by atoms with E-state index in [9.17, 15) is 0 Å². The van der Waals surface area contributed by atoms with Gasteiger partial charge >= 0.3 is 0 Å². The Labute approximate surface area is 112 Å². The smallest absolute Gasteiger partial charge is 0.221 e. The van der Waals surface area contributed by atoms with Gasteiger partial charge in [0, 0.05) is 11.8 Å². The van der Waals surface area contributed by atoms with Crippen molar-refractivity contribution in [1.82, 2.24) is 4.98 Å². The maximum atomic E-state index is 5.73. The van der Waals surface area contributed by atoms with Crippen LogP contribution in [-0.4, -0.2) is 11.6 Å². The largest absolute Gasteiger partial charge is 0.438 e. The van der Waals surface area contributed by atoms with Crippen molar-refractivity contribution in [3.8, 4) is 0 Å². The molecule has 0 atom stereocenters. The van der Waals surface area contributed by atoms with Crippen LogP contribution in [0.5, 0.6) is 0 Å². The van der Waals surface area contributed by atoms with E-state index in [0.29, 0.717) is 24.1 Å². The Bertz CT molecular complexity index is 544. The van der Waals surface area contributed by atoms with Crippen LogP contribution in [0.15, 0.2) is 22.6 Å². The van der Waals surface area contributed by atoms with E-state index < -0.39 is 0 Å². The van der Waals surface area contributed by atoms with E-state index in [-0.39, 0.29) is 0 Å². The molecule has 0 saturated heterocycles. The lowest BCUT2D eigenvalue weighted by atomic mass is 9.90. The molecule has 0 amide bonds. The minimum atomic E-state index is 0.449. The van der Waals surface area contributed by atoms with E-state index in [2.05, 4.69) is 4.98 Å². The van der Waals surface area contributed by atoms with Crippen molar-refractivity contribution in [3.05, 3.63) is 24.1 Å². The number of oxazole rings is 1. The van der Waals surface area contributed by atoms with Gasteiger partial charge in [0.2, 0.25) is 5.89 Å². The number of hydrogen-bond acceptors (Lipinski definition) is 4. The van der Waals surface area contributed by atoms with E-state index in [1.165, 1.54) is 32.1 Å². The first kappa shape index (κ1) is 12.5. The van der Waals surface area contributed by atoms with Gasteiger partial charge in [0.05, 0.1) is 6.61 Å². The predicted octanol–water partition coefficient (Wildman–Crippen LogP) is 3.51. The molecule has 0 spiro atoms. The van der Waals surface area contributed by atoms with Crippen LogP contribution in [0.4, 0.5) is 5.69 Å². The first-order chi connectivity index (χ1) is 9.31. The summed E-state index contributed by atoms with van der Waals surface area (Å²) >= 11 is 0. The number of nitrogens with two attached hydrogens (primary N) is 1. The normalized spacial score (nSPS) is 17.1. The molecule has 4 nitrogen and oxygen atoms in total. The third-order valence-corrected chi connectivity index (χ3v) is 3.76. The van der Waals surface area contributed by atoms with Crippen LogP contribution < -0.4 is 5.73 Å². The third kappa shape index (κ3) is 3.07. The second-order valence-electron chi connectivity index (χ2n) is 5.35. The van der Waals surface area contributed by atoms with Gasteiger partial charge in [-0.05, 0) is 30.9 Å². The van der Waals surface area contributed by atoms with Crippen molar-refractivity contribution in [2.75, 3.05) is 12.3 Å². The molecule has 3 rings (SSSR count). The Balaban J connectivity index is 1.56. The van der Waals surface area contributed by atoms with Gasteiger partial charge in [-0.2, -0.15) is 0 Å². The SMILES string of the molecule is Nc1ccc2nc(COCC3CCCCC3)oc2c1. The highest BCUT2D eigenvalue weighted by Gasteiger charge is 2.14. The molecular formula is C15H20N2O2. The Morgan fingerprint density at radius 2 is 2.11 bits per heavy atom. The molecule has 1 aromatic heterocycles. The second-order valence-corrected chi connectivity index (χ2v) is 5.35. The van der Waals surface area contributed by atoms with Crippen molar-refractivity contribution in [2.24, 2.45) is 5.92 Å². The molecule has 1 aliphatic carbocycles. The molecule has 1 heterocycles. The summed E-state index contributed by atoms with van der Waals surface area (Å²) in [5, 5.41) is 0. The Hall–Kier alpha value is -1.55. The number of nitrogen functional groups attached to an aromatic ring is 1. The highest BCUT2D eigenvalue weighted by Crippen LogP contribution is 2.24. The lowest BCUT2D eigenvalue weighted by Gasteiger charge is -2.20. The van der Waals surface area contributed by atoms with Crippen LogP contribution in [0.25, 0.3) is 11.1 Å². The Kier molecular flexibility index (Phi) is 3.69. The van der Waals surface area contributed by atoms with Crippen molar-refractivity contribution in [1.29, 1.82) is 0 Å². The molecule has 1 aromatic carbocycles. The maximum absolute atomic E-state index is 5.73. The van der Waals surface area contributed by atoms with Gasteiger partial charge in [0.25, 0.3) is 0 Å². The van der Waals surface area contributed by atoms with Gasteiger partial charge in [-0.3, -0.25) is 0 Å². The van der Waals surface area contributed by atoms with Gasteiger partial charge in [0.1, 0.15) is 12.1 Å². The van der Waals surface area contributed by atoms with E-state index in [1.54, 1.807) is 6.07 Å². The number of fused-ring (bicyclic) bond motifs is 1. The quantitative estimate of drug-likeness (QED) is 0.854. The van der Waals surface area contributed by atoms with Crippen LogP contribution in [-0.2, 0) is 11.3 Å². The Morgan fingerprint density at radius 3 is 2.95 bits per heavy atom. The molecule has 102 valence electrons. The van der Waals surface area contributed by atoms with Gasteiger partial charge in [0.15, 0.2) is 5.58 Å². The number of aromatic nitrogens is 1. The average molecular weight is 260 g/mol. The lowest BCUT2D eigenvalue weighted by molar-refractivity contribution is 0.0620. The van der Waals surface area contributed by atoms with Gasteiger partial charge < -0.3 is 14.9 Å². The summed E-state index contributed by atoms with van der Waals surface area (Å²) in [7, 11) is 0. The minimum Gasteiger partial charge on any atom is -0.438 e. The number of hydrogen-bond donors (Lipinski definition) is 1.